The van der Waals surface area contributed by atoms with Gasteiger partial charge in [0, 0.05) is 17.5 Å². The van der Waals surface area contributed by atoms with Gasteiger partial charge in [-0.3, -0.25) is 4.99 Å². The maximum atomic E-state index is 13.4. The lowest BCUT2D eigenvalue weighted by atomic mass is 10.1. The van der Waals surface area contributed by atoms with Crippen LogP contribution in [0.15, 0.2) is 72.0 Å². The van der Waals surface area contributed by atoms with Crippen molar-refractivity contribution in [1.29, 1.82) is 0 Å². The first-order chi connectivity index (χ1) is 16.1. The van der Waals surface area contributed by atoms with Crippen molar-refractivity contribution in [2.75, 3.05) is 18.5 Å². The molecule has 0 amide bonds. The lowest BCUT2D eigenvalue weighted by molar-refractivity contribution is 0.306. The fourth-order valence-corrected chi connectivity index (χ4v) is 3.83. The van der Waals surface area contributed by atoms with Crippen LogP contribution in [-0.4, -0.2) is 29.0 Å². The summed E-state index contributed by atoms with van der Waals surface area (Å²) in [5, 5.41) is 4.64. The number of ether oxygens (including phenoxy) is 2. The Labute approximate surface area is 195 Å². The number of anilines is 2. The average Bonchev–Trinajstić information content (AvgIpc) is 3.32. The van der Waals surface area contributed by atoms with Gasteiger partial charge in [0.15, 0.2) is 5.90 Å². The van der Waals surface area contributed by atoms with Crippen molar-refractivity contribution in [3.05, 3.63) is 89.0 Å². The number of fused-ring (bicyclic) bond motifs is 1. The molecule has 3 aromatic carbocycles. The molecule has 0 saturated heterocycles. The minimum atomic E-state index is -0.300. The zero-order valence-electron chi connectivity index (χ0n) is 17.6. The first kappa shape index (κ1) is 21.2. The molecule has 166 valence electrons. The minimum Gasteiger partial charge on any atom is -0.487 e. The molecular weight excluding hydrogens is 443 g/mol. The highest BCUT2D eigenvalue weighted by molar-refractivity contribution is 6.32. The Morgan fingerprint density at radius 1 is 1.03 bits per heavy atom. The third kappa shape index (κ3) is 5.04. The highest BCUT2D eigenvalue weighted by atomic mass is 35.5. The summed E-state index contributed by atoms with van der Waals surface area (Å²) in [5.74, 6) is 1.63. The van der Waals surface area contributed by atoms with Crippen LogP contribution in [0.25, 0.3) is 10.9 Å². The molecule has 0 radical (unpaired) electrons. The molecule has 0 aliphatic carbocycles. The molecule has 1 aliphatic heterocycles. The van der Waals surface area contributed by atoms with Gasteiger partial charge >= 0.3 is 0 Å². The second-order valence-electron chi connectivity index (χ2n) is 7.56. The number of halogens is 2. The minimum absolute atomic E-state index is 0.221. The van der Waals surface area contributed by atoms with E-state index in [9.17, 15) is 4.39 Å². The summed E-state index contributed by atoms with van der Waals surface area (Å²) >= 11 is 6.43. The van der Waals surface area contributed by atoms with Gasteiger partial charge in [0.25, 0.3) is 0 Å². The van der Waals surface area contributed by atoms with Crippen LogP contribution in [0.5, 0.6) is 5.75 Å². The Hall–Kier alpha value is -3.71. The molecule has 8 heteroatoms. The summed E-state index contributed by atoms with van der Waals surface area (Å²) in [5.41, 5.74) is 3.38. The van der Waals surface area contributed by atoms with E-state index in [1.54, 1.807) is 24.3 Å². The molecule has 1 N–H and O–H groups in total. The van der Waals surface area contributed by atoms with Crippen LogP contribution < -0.4 is 10.1 Å². The van der Waals surface area contributed by atoms with Gasteiger partial charge in [0.1, 0.15) is 36.9 Å². The molecular formula is C25H20ClFN4O2. The van der Waals surface area contributed by atoms with E-state index in [2.05, 4.69) is 20.3 Å². The highest BCUT2D eigenvalue weighted by Gasteiger charge is 2.12. The van der Waals surface area contributed by atoms with Crippen LogP contribution in [0.2, 0.25) is 5.02 Å². The van der Waals surface area contributed by atoms with E-state index in [0.29, 0.717) is 36.2 Å². The monoisotopic (exact) mass is 462 g/mol. The summed E-state index contributed by atoms with van der Waals surface area (Å²) in [7, 11) is 0. The second-order valence-corrected chi connectivity index (χ2v) is 7.97. The molecule has 0 unspecified atom stereocenters. The first-order valence-electron chi connectivity index (χ1n) is 10.5. The van der Waals surface area contributed by atoms with Crippen molar-refractivity contribution < 1.29 is 13.9 Å². The maximum Gasteiger partial charge on any atom is 0.187 e. The van der Waals surface area contributed by atoms with Crippen molar-refractivity contribution in [3.8, 4) is 5.75 Å². The first-order valence-corrected chi connectivity index (χ1v) is 10.9. The zero-order chi connectivity index (χ0) is 22.6. The van der Waals surface area contributed by atoms with Crippen molar-refractivity contribution in [2.24, 2.45) is 4.99 Å². The molecule has 1 aliphatic rings. The number of hydrogen-bond acceptors (Lipinski definition) is 6. The van der Waals surface area contributed by atoms with Gasteiger partial charge in [-0.15, -0.1) is 0 Å². The quantitative estimate of drug-likeness (QED) is 0.380. The van der Waals surface area contributed by atoms with Crippen LogP contribution in [0, 0.1) is 5.82 Å². The van der Waals surface area contributed by atoms with Gasteiger partial charge < -0.3 is 14.8 Å². The number of aromatic nitrogens is 2. The van der Waals surface area contributed by atoms with Gasteiger partial charge in [-0.05, 0) is 53.6 Å². The normalized spacial score (nSPS) is 13.0. The topological polar surface area (TPSA) is 68.6 Å². The largest absolute Gasteiger partial charge is 0.487 e. The number of nitrogens with zero attached hydrogens (tertiary/aromatic N) is 3. The van der Waals surface area contributed by atoms with E-state index < -0.39 is 0 Å². The lowest BCUT2D eigenvalue weighted by Crippen LogP contribution is -2.04. The average molecular weight is 463 g/mol. The Kier molecular flexibility index (Phi) is 6.04. The van der Waals surface area contributed by atoms with E-state index in [-0.39, 0.29) is 12.4 Å². The summed E-state index contributed by atoms with van der Waals surface area (Å²) < 4.78 is 24.6. The Morgan fingerprint density at radius 2 is 1.97 bits per heavy atom. The van der Waals surface area contributed by atoms with Crippen LogP contribution in [0.1, 0.15) is 11.1 Å². The summed E-state index contributed by atoms with van der Waals surface area (Å²) in [6.07, 6.45) is 2.15. The van der Waals surface area contributed by atoms with Crippen molar-refractivity contribution >= 4 is 39.9 Å². The fraction of sp³-hybridized carbons (Fsp3) is 0.160. The van der Waals surface area contributed by atoms with Crippen LogP contribution in [0.3, 0.4) is 0 Å². The molecule has 33 heavy (non-hydrogen) atoms. The summed E-state index contributed by atoms with van der Waals surface area (Å²) in [6.45, 7) is 1.57. The fourth-order valence-electron chi connectivity index (χ4n) is 3.59. The number of hydrogen-bond donors (Lipinski definition) is 1. The Balaban J connectivity index is 1.33. The molecule has 6 nitrogen and oxygen atoms in total. The van der Waals surface area contributed by atoms with Crippen molar-refractivity contribution in [2.45, 2.75) is 13.0 Å². The van der Waals surface area contributed by atoms with Crippen molar-refractivity contribution in [3.63, 3.8) is 0 Å². The molecule has 0 saturated carbocycles. The number of nitrogens with one attached hydrogen (secondary N) is 1. The van der Waals surface area contributed by atoms with Crippen LogP contribution in [0.4, 0.5) is 15.9 Å². The number of rotatable bonds is 7. The van der Waals surface area contributed by atoms with E-state index in [0.717, 1.165) is 33.6 Å². The zero-order valence-corrected chi connectivity index (χ0v) is 18.3. The molecule has 0 bridgehead atoms. The molecule has 0 spiro atoms. The smallest absolute Gasteiger partial charge is 0.187 e. The Bertz CT molecular complexity index is 1350. The molecule has 0 atom stereocenters. The lowest BCUT2D eigenvalue weighted by Gasteiger charge is -2.12. The number of aliphatic imine (C=N–C) groups is 1. The molecule has 1 aromatic heterocycles. The highest BCUT2D eigenvalue weighted by Crippen LogP contribution is 2.31. The van der Waals surface area contributed by atoms with Crippen LogP contribution in [-0.2, 0) is 17.8 Å². The van der Waals surface area contributed by atoms with Gasteiger partial charge in [-0.1, -0.05) is 29.8 Å². The van der Waals surface area contributed by atoms with Crippen LogP contribution >= 0.6 is 11.6 Å². The maximum absolute atomic E-state index is 13.4. The Morgan fingerprint density at radius 3 is 2.79 bits per heavy atom. The van der Waals surface area contributed by atoms with E-state index in [4.69, 9.17) is 21.1 Å². The summed E-state index contributed by atoms with van der Waals surface area (Å²) in [4.78, 5) is 13.1. The third-order valence-electron chi connectivity index (χ3n) is 5.18. The van der Waals surface area contributed by atoms with Crippen molar-refractivity contribution in [1.82, 2.24) is 9.97 Å². The third-order valence-corrected chi connectivity index (χ3v) is 5.48. The molecule has 2 heterocycles. The standard InChI is InChI=1S/C25H20ClFN4O2/c26-21-13-19(5-7-23(21)33-14-17-2-1-3-18(27)10-17)31-25-20-11-16(12-24-28-8-9-32-24)4-6-22(20)29-15-30-25/h1-7,10-11,13,15H,8-9,12,14H2,(H,29,30,31). The van der Waals surface area contributed by atoms with Gasteiger partial charge in [0.2, 0.25) is 0 Å². The second kappa shape index (κ2) is 9.42. The predicted molar refractivity (Wildman–Crippen MR) is 127 cm³/mol. The summed E-state index contributed by atoms with van der Waals surface area (Å²) in [6, 6.07) is 17.7. The van der Waals surface area contributed by atoms with E-state index in [1.807, 2.05) is 24.3 Å². The number of benzene rings is 3. The van der Waals surface area contributed by atoms with Gasteiger partial charge in [0.05, 0.1) is 17.1 Å². The molecule has 4 aromatic rings. The predicted octanol–water partition coefficient (Wildman–Crippen LogP) is 5.72. The van der Waals surface area contributed by atoms with E-state index >= 15 is 0 Å². The molecule has 5 rings (SSSR count). The van der Waals surface area contributed by atoms with Gasteiger partial charge in [-0.25, -0.2) is 14.4 Å². The van der Waals surface area contributed by atoms with Gasteiger partial charge in [-0.2, -0.15) is 0 Å². The SMILES string of the molecule is Fc1cccc(COc2ccc(Nc3ncnc4ccc(CC5=NCCO5)cc34)cc2Cl)c1. The molecule has 0 fully saturated rings. The van der Waals surface area contributed by atoms with E-state index in [1.165, 1.54) is 18.5 Å².